The lowest BCUT2D eigenvalue weighted by atomic mass is 10.3. The average Bonchev–Trinajstić information content (AvgIpc) is 2.09. The zero-order chi connectivity index (χ0) is 9.35. The molecular formula is C6H3F4O2. The third-order valence-corrected chi connectivity index (χ3v) is 1.16. The third-order valence-electron chi connectivity index (χ3n) is 1.16. The SMILES string of the molecule is [CH2]OC1(F)OC=C(F)C(F)=C1F. The van der Waals surface area contributed by atoms with Crippen LogP contribution in [0, 0.1) is 7.11 Å². The van der Waals surface area contributed by atoms with Crippen molar-refractivity contribution in [2.45, 2.75) is 6.04 Å². The number of rotatable bonds is 1. The number of hydrogen-bond acceptors (Lipinski definition) is 2. The van der Waals surface area contributed by atoms with Crippen molar-refractivity contribution in [3.8, 4) is 0 Å². The molecular weight excluding hydrogens is 180 g/mol. The number of halogens is 4. The fourth-order valence-corrected chi connectivity index (χ4v) is 0.564. The van der Waals surface area contributed by atoms with E-state index in [1.807, 2.05) is 0 Å². The summed E-state index contributed by atoms with van der Waals surface area (Å²) in [4.78, 5) is 0. The van der Waals surface area contributed by atoms with Gasteiger partial charge in [0.05, 0.1) is 7.11 Å². The van der Waals surface area contributed by atoms with Gasteiger partial charge in [0.2, 0.25) is 11.7 Å². The van der Waals surface area contributed by atoms with E-state index < -0.39 is 23.5 Å². The van der Waals surface area contributed by atoms with Crippen molar-refractivity contribution in [2.24, 2.45) is 0 Å². The van der Waals surface area contributed by atoms with E-state index in [9.17, 15) is 17.6 Å². The van der Waals surface area contributed by atoms with Crippen LogP contribution in [0.3, 0.4) is 0 Å². The van der Waals surface area contributed by atoms with Crippen molar-refractivity contribution in [1.82, 2.24) is 0 Å². The second-order valence-corrected chi connectivity index (χ2v) is 1.89. The third kappa shape index (κ3) is 1.18. The molecule has 0 saturated carbocycles. The summed E-state index contributed by atoms with van der Waals surface area (Å²) in [5.74, 6) is -5.76. The maximum absolute atomic E-state index is 12.7. The van der Waals surface area contributed by atoms with Crippen LogP contribution in [0.4, 0.5) is 17.6 Å². The highest BCUT2D eigenvalue weighted by Crippen LogP contribution is 2.36. The first-order valence-corrected chi connectivity index (χ1v) is 2.73. The summed E-state index contributed by atoms with van der Waals surface area (Å²) in [5, 5.41) is 0. The van der Waals surface area contributed by atoms with E-state index in [1.165, 1.54) is 0 Å². The minimum absolute atomic E-state index is 0.0591. The predicted molar refractivity (Wildman–Crippen MR) is 29.8 cm³/mol. The van der Waals surface area contributed by atoms with Gasteiger partial charge in [0, 0.05) is 0 Å². The molecule has 6 heteroatoms. The van der Waals surface area contributed by atoms with Gasteiger partial charge >= 0.3 is 6.04 Å². The highest BCUT2D eigenvalue weighted by Gasteiger charge is 2.44. The molecule has 1 aliphatic heterocycles. The molecule has 1 atom stereocenters. The van der Waals surface area contributed by atoms with Crippen molar-refractivity contribution in [2.75, 3.05) is 0 Å². The van der Waals surface area contributed by atoms with Crippen LogP contribution in [-0.4, -0.2) is 6.04 Å². The summed E-state index contributed by atoms with van der Waals surface area (Å²) in [6.45, 7) is 0. The van der Waals surface area contributed by atoms with Gasteiger partial charge in [-0.25, -0.2) is 8.78 Å². The maximum atomic E-state index is 12.7. The van der Waals surface area contributed by atoms with E-state index >= 15 is 0 Å². The zero-order valence-electron chi connectivity index (χ0n) is 5.61. The highest BCUT2D eigenvalue weighted by atomic mass is 19.2. The molecule has 0 aliphatic carbocycles. The van der Waals surface area contributed by atoms with Crippen molar-refractivity contribution >= 4 is 0 Å². The summed E-state index contributed by atoms with van der Waals surface area (Å²) >= 11 is 0. The molecule has 12 heavy (non-hydrogen) atoms. The lowest BCUT2D eigenvalue weighted by Gasteiger charge is -2.22. The topological polar surface area (TPSA) is 18.5 Å². The molecule has 0 aromatic rings. The van der Waals surface area contributed by atoms with E-state index in [1.54, 1.807) is 0 Å². The maximum Gasteiger partial charge on any atom is 0.422 e. The van der Waals surface area contributed by atoms with Crippen LogP contribution in [0.15, 0.2) is 23.7 Å². The molecule has 1 heterocycles. The fourth-order valence-electron chi connectivity index (χ4n) is 0.564. The van der Waals surface area contributed by atoms with Crippen LogP contribution < -0.4 is 0 Å². The smallest absolute Gasteiger partial charge is 0.422 e. The molecule has 1 radical (unpaired) electrons. The van der Waals surface area contributed by atoms with Crippen molar-refractivity contribution in [1.29, 1.82) is 0 Å². The van der Waals surface area contributed by atoms with Crippen LogP contribution in [0.1, 0.15) is 0 Å². The van der Waals surface area contributed by atoms with E-state index in [-0.39, 0.29) is 6.26 Å². The molecule has 0 aromatic heterocycles. The molecule has 0 N–H and O–H groups in total. The fraction of sp³-hybridized carbons (Fsp3) is 0.167. The lowest BCUT2D eigenvalue weighted by molar-refractivity contribution is -0.254. The van der Waals surface area contributed by atoms with Gasteiger partial charge in [-0.1, -0.05) is 0 Å². The van der Waals surface area contributed by atoms with Gasteiger partial charge < -0.3 is 9.47 Å². The molecule has 1 aliphatic rings. The molecule has 0 bridgehead atoms. The first kappa shape index (κ1) is 9.05. The zero-order valence-corrected chi connectivity index (χ0v) is 5.61. The minimum atomic E-state index is -3.46. The molecule has 0 spiro atoms. The Hall–Kier alpha value is -1.04. The van der Waals surface area contributed by atoms with Gasteiger partial charge in [-0.3, -0.25) is 0 Å². The van der Waals surface area contributed by atoms with Crippen LogP contribution in [0.5, 0.6) is 0 Å². The first-order chi connectivity index (χ1) is 5.51. The van der Waals surface area contributed by atoms with Gasteiger partial charge in [0.15, 0.2) is 5.83 Å². The van der Waals surface area contributed by atoms with Crippen LogP contribution in [0.25, 0.3) is 0 Å². The summed E-state index contributed by atoms with van der Waals surface area (Å²) < 4.78 is 56.9. The van der Waals surface area contributed by atoms with E-state index in [0.717, 1.165) is 0 Å². The second-order valence-electron chi connectivity index (χ2n) is 1.89. The molecule has 2 nitrogen and oxygen atoms in total. The molecule has 0 amide bonds. The van der Waals surface area contributed by atoms with E-state index in [4.69, 9.17) is 0 Å². The quantitative estimate of drug-likeness (QED) is 0.581. The Morgan fingerprint density at radius 3 is 2.50 bits per heavy atom. The predicted octanol–water partition coefficient (Wildman–Crippen LogP) is 2.41. The number of alkyl halides is 1. The number of allylic oxidation sites excluding steroid dienone is 2. The molecule has 1 rings (SSSR count). The van der Waals surface area contributed by atoms with Gasteiger partial charge in [0.25, 0.3) is 0 Å². The Kier molecular flexibility index (Phi) is 2.10. The lowest BCUT2D eigenvalue weighted by Crippen LogP contribution is -2.30. The van der Waals surface area contributed by atoms with E-state index in [2.05, 4.69) is 16.6 Å². The normalized spacial score (nSPS) is 29.9. The molecule has 67 valence electrons. The van der Waals surface area contributed by atoms with Crippen LogP contribution in [-0.2, 0) is 9.47 Å². The standard InChI is InChI=1S/C6H3F4O2/c1-11-6(10)5(9)4(8)3(7)2-12-6/h2H,1H2. The van der Waals surface area contributed by atoms with Gasteiger partial charge in [0.1, 0.15) is 6.26 Å². The molecule has 0 aromatic carbocycles. The summed E-state index contributed by atoms with van der Waals surface area (Å²) in [6, 6.07) is -3.46. The van der Waals surface area contributed by atoms with Gasteiger partial charge in [-0.15, -0.1) is 0 Å². The number of ether oxygens (including phenoxy) is 2. The summed E-state index contributed by atoms with van der Waals surface area (Å²) in [6.07, 6.45) is 0.0591. The van der Waals surface area contributed by atoms with Crippen molar-refractivity contribution in [3.63, 3.8) is 0 Å². The summed E-state index contributed by atoms with van der Waals surface area (Å²) in [7, 11) is 2.50. The Balaban J connectivity index is 3.06. The average molecular weight is 183 g/mol. The monoisotopic (exact) mass is 183 g/mol. The Morgan fingerprint density at radius 2 is 2.00 bits per heavy atom. The van der Waals surface area contributed by atoms with Crippen molar-refractivity contribution < 1.29 is 27.0 Å². The molecule has 0 fully saturated rings. The first-order valence-electron chi connectivity index (χ1n) is 2.73. The second kappa shape index (κ2) is 2.78. The minimum Gasteiger partial charge on any atom is -0.435 e. The Morgan fingerprint density at radius 1 is 1.42 bits per heavy atom. The number of hydrogen-bond donors (Lipinski definition) is 0. The Bertz CT molecular complexity index is 260. The Labute approximate surface area is 65.1 Å². The largest absolute Gasteiger partial charge is 0.435 e. The van der Waals surface area contributed by atoms with Crippen molar-refractivity contribution in [3.05, 3.63) is 30.9 Å². The van der Waals surface area contributed by atoms with Crippen LogP contribution in [0.2, 0.25) is 0 Å². The highest BCUT2D eigenvalue weighted by molar-refractivity contribution is 5.26. The molecule has 0 saturated heterocycles. The molecule has 1 unspecified atom stereocenters. The van der Waals surface area contributed by atoms with Crippen LogP contribution >= 0.6 is 0 Å². The van der Waals surface area contributed by atoms with Gasteiger partial charge in [-0.2, -0.15) is 8.78 Å². The summed E-state index contributed by atoms with van der Waals surface area (Å²) in [5.41, 5.74) is 0. The van der Waals surface area contributed by atoms with Gasteiger partial charge in [-0.05, 0) is 0 Å². The van der Waals surface area contributed by atoms with E-state index in [0.29, 0.717) is 0 Å².